The van der Waals surface area contributed by atoms with E-state index in [1.165, 1.54) is 19.6 Å². The Morgan fingerprint density at radius 1 is 1.36 bits per heavy atom. The highest BCUT2D eigenvalue weighted by Crippen LogP contribution is 2.13. The molecule has 1 fully saturated rings. The Labute approximate surface area is 88.0 Å². The van der Waals surface area contributed by atoms with Gasteiger partial charge in [0, 0.05) is 45.4 Å². The largest absolute Gasteiger partial charge is 0.385 e. The molecule has 0 aromatic rings. The van der Waals surface area contributed by atoms with Crippen LogP contribution in [0.25, 0.3) is 0 Å². The lowest BCUT2D eigenvalue weighted by Gasteiger charge is -2.41. The summed E-state index contributed by atoms with van der Waals surface area (Å²) in [5.41, 5.74) is 0. The van der Waals surface area contributed by atoms with Crippen molar-refractivity contribution in [1.29, 1.82) is 0 Å². The van der Waals surface area contributed by atoms with Crippen LogP contribution in [-0.4, -0.2) is 62.3 Å². The fourth-order valence-corrected chi connectivity index (χ4v) is 2.00. The van der Waals surface area contributed by atoms with Gasteiger partial charge in [0.15, 0.2) is 0 Å². The summed E-state index contributed by atoms with van der Waals surface area (Å²) in [5.74, 6) is 0. The van der Waals surface area contributed by atoms with Gasteiger partial charge < -0.3 is 9.64 Å². The van der Waals surface area contributed by atoms with Gasteiger partial charge in [-0.25, -0.2) is 0 Å². The summed E-state index contributed by atoms with van der Waals surface area (Å²) in [6.45, 7) is 9.01. The fourth-order valence-electron chi connectivity index (χ4n) is 2.00. The zero-order valence-corrected chi connectivity index (χ0v) is 9.99. The Hall–Kier alpha value is -0.120. The quantitative estimate of drug-likeness (QED) is 0.674. The molecule has 0 spiro atoms. The van der Waals surface area contributed by atoms with Crippen molar-refractivity contribution in [3.8, 4) is 0 Å². The topological polar surface area (TPSA) is 15.7 Å². The monoisotopic (exact) mass is 200 g/mol. The number of nitrogens with zero attached hydrogens (tertiary/aromatic N) is 2. The normalized spacial score (nSPS) is 25.9. The molecule has 1 unspecified atom stereocenters. The second kappa shape index (κ2) is 5.69. The standard InChI is InChI=1S/C11H24N2O/c1-10(2)13-7-6-12(3)11(9-13)5-8-14-4/h10-11H,5-9H2,1-4H3. The van der Waals surface area contributed by atoms with Gasteiger partial charge in [-0.05, 0) is 27.3 Å². The summed E-state index contributed by atoms with van der Waals surface area (Å²) >= 11 is 0. The van der Waals surface area contributed by atoms with Crippen LogP contribution in [0.15, 0.2) is 0 Å². The summed E-state index contributed by atoms with van der Waals surface area (Å²) in [6, 6.07) is 1.35. The molecule has 1 atom stereocenters. The molecule has 1 heterocycles. The third-order valence-electron chi connectivity index (χ3n) is 3.19. The number of piperazine rings is 1. The molecule has 0 N–H and O–H groups in total. The van der Waals surface area contributed by atoms with Gasteiger partial charge in [0.2, 0.25) is 0 Å². The van der Waals surface area contributed by atoms with Crippen molar-refractivity contribution < 1.29 is 4.74 Å². The van der Waals surface area contributed by atoms with E-state index in [0.29, 0.717) is 12.1 Å². The smallest absolute Gasteiger partial charge is 0.0477 e. The molecule has 3 nitrogen and oxygen atoms in total. The second-order valence-electron chi connectivity index (χ2n) is 4.50. The van der Waals surface area contributed by atoms with Crippen LogP contribution in [-0.2, 0) is 4.74 Å². The van der Waals surface area contributed by atoms with Crippen molar-refractivity contribution in [2.24, 2.45) is 0 Å². The van der Waals surface area contributed by atoms with Crippen molar-refractivity contribution in [3.05, 3.63) is 0 Å². The van der Waals surface area contributed by atoms with Crippen LogP contribution in [0.2, 0.25) is 0 Å². The first kappa shape index (κ1) is 12.0. The molecular weight excluding hydrogens is 176 g/mol. The maximum atomic E-state index is 5.14. The van der Waals surface area contributed by atoms with E-state index in [9.17, 15) is 0 Å². The highest BCUT2D eigenvalue weighted by Gasteiger charge is 2.24. The van der Waals surface area contributed by atoms with E-state index in [1.807, 2.05) is 0 Å². The first-order valence-electron chi connectivity index (χ1n) is 5.58. The van der Waals surface area contributed by atoms with Gasteiger partial charge in [0.1, 0.15) is 0 Å². The van der Waals surface area contributed by atoms with Crippen molar-refractivity contribution in [2.75, 3.05) is 40.4 Å². The summed E-state index contributed by atoms with van der Waals surface area (Å²) < 4.78 is 5.14. The maximum Gasteiger partial charge on any atom is 0.0477 e. The molecule has 0 bridgehead atoms. The average Bonchev–Trinajstić information content (AvgIpc) is 2.16. The molecular formula is C11H24N2O. The summed E-state index contributed by atoms with van der Waals surface area (Å²) in [6.07, 6.45) is 1.15. The number of rotatable bonds is 4. The van der Waals surface area contributed by atoms with Crippen LogP contribution < -0.4 is 0 Å². The zero-order chi connectivity index (χ0) is 10.6. The Morgan fingerprint density at radius 3 is 2.64 bits per heavy atom. The van der Waals surface area contributed by atoms with Crippen molar-refractivity contribution in [3.63, 3.8) is 0 Å². The van der Waals surface area contributed by atoms with E-state index in [-0.39, 0.29) is 0 Å². The minimum Gasteiger partial charge on any atom is -0.385 e. The predicted molar refractivity (Wildman–Crippen MR) is 59.6 cm³/mol. The molecule has 3 heteroatoms. The van der Waals surface area contributed by atoms with E-state index >= 15 is 0 Å². The molecule has 1 saturated heterocycles. The molecule has 84 valence electrons. The first-order valence-corrected chi connectivity index (χ1v) is 5.58. The van der Waals surface area contributed by atoms with E-state index in [2.05, 4.69) is 30.7 Å². The molecule has 0 radical (unpaired) electrons. The third kappa shape index (κ3) is 3.23. The molecule has 0 amide bonds. The first-order chi connectivity index (χ1) is 6.65. The molecule has 14 heavy (non-hydrogen) atoms. The molecule has 0 aromatic heterocycles. The SMILES string of the molecule is COCCC1CN(C(C)C)CCN1C. The van der Waals surface area contributed by atoms with Gasteiger partial charge in [0.25, 0.3) is 0 Å². The lowest BCUT2D eigenvalue weighted by atomic mass is 10.1. The molecule has 0 aromatic carbocycles. The lowest BCUT2D eigenvalue weighted by molar-refractivity contribution is 0.0548. The number of hydrogen-bond acceptors (Lipinski definition) is 3. The van der Waals surface area contributed by atoms with Crippen LogP contribution in [0.1, 0.15) is 20.3 Å². The minimum absolute atomic E-state index is 0.672. The van der Waals surface area contributed by atoms with Gasteiger partial charge in [-0.3, -0.25) is 4.90 Å². The number of likely N-dealkylation sites (N-methyl/N-ethyl adjacent to an activating group) is 1. The summed E-state index contributed by atoms with van der Waals surface area (Å²) in [4.78, 5) is 5.01. The van der Waals surface area contributed by atoms with E-state index in [1.54, 1.807) is 7.11 Å². The molecule has 1 aliphatic heterocycles. The Balaban J connectivity index is 2.38. The van der Waals surface area contributed by atoms with E-state index < -0.39 is 0 Å². The molecule has 1 aliphatic rings. The third-order valence-corrected chi connectivity index (χ3v) is 3.19. The van der Waals surface area contributed by atoms with E-state index in [4.69, 9.17) is 4.74 Å². The van der Waals surface area contributed by atoms with Gasteiger partial charge in [-0.15, -0.1) is 0 Å². The van der Waals surface area contributed by atoms with Crippen molar-refractivity contribution >= 4 is 0 Å². The van der Waals surface area contributed by atoms with Gasteiger partial charge in [-0.2, -0.15) is 0 Å². The number of methoxy groups -OCH3 is 1. The van der Waals surface area contributed by atoms with Crippen LogP contribution in [0.3, 0.4) is 0 Å². The van der Waals surface area contributed by atoms with Gasteiger partial charge >= 0.3 is 0 Å². The Bertz CT molecular complexity index is 161. The minimum atomic E-state index is 0.672. The van der Waals surface area contributed by atoms with Crippen LogP contribution in [0.4, 0.5) is 0 Å². The number of hydrogen-bond donors (Lipinski definition) is 0. The zero-order valence-electron chi connectivity index (χ0n) is 9.99. The number of ether oxygens (including phenoxy) is 1. The van der Waals surface area contributed by atoms with E-state index in [0.717, 1.165) is 13.0 Å². The Morgan fingerprint density at radius 2 is 2.07 bits per heavy atom. The maximum absolute atomic E-state index is 5.14. The van der Waals surface area contributed by atoms with Crippen molar-refractivity contribution in [1.82, 2.24) is 9.80 Å². The van der Waals surface area contributed by atoms with Crippen LogP contribution in [0.5, 0.6) is 0 Å². The van der Waals surface area contributed by atoms with Gasteiger partial charge in [0.05, 0.1) is 0 Å². The lowest BCUT2D eigenvalue weighted by Crippen LogP contribution is -2.53. The predicted octanol–water partition coefficient (Wildman–Crippen LogP) is 1.05. The second-order valence-corrected chi connectivity index (χ2v) is 4.50. The molecule has 1 rings (SSSR count). The molecule has 0 aliphatic carbocycles. The Kier molecular flexibility index (Phi) is 4.85. The van der Waals surface area contributed by atoms with Crippen molar-refractivity contribution in [2.45, 2.75) is 32.4 Å². The highest BCUT2D eigenvalue weighted by atomic mass is 16.5. The summed E-state index contributed by atoms with van der Waals surface area (Å²) in [7, 11) is 4.00. The highest BCUT2D eigenvalue weighted by molar-refractivity contribution is 4.81. The fraction of sp³-hybridized carbons (Fsp3) is 1.00. The summed E-state index contributed by atoms with van der Waals surface area (Å²) in [5, 5.41) is 0. The van der Waals surface area contributed by atoms with Gasteiger partial charge in [-0.1, -0.05) is 0 Å². The average molecular weight is 200 g/mol. The van der Waals surface area contributed by atoms with Crippen LogP contribution >= 0.6 is 0 Å². The van der Waals surface area contributed by atoms with Crippen LogP contribution in [0, 0.1) is 0 Å². The molecule has 0 saturated carbocycles.